The van der Waals surface area contributed by atoms with Gasteiger partial charge in [0.05, 0.1) is 16.6 Å². The summed E-state index contributed by atoms with van der Waals surface area (Å²) in [6.45, 7) is 5.12. The van der Waals surface area contributed by atoms with E-state index >= 15 is 0 Å². The first-order valence-electron chi connectivity index (χ1n) is 14.4. The minimum Gasteiger partial charge on any atom is -0.366 e. The molecule has 10 heteroatoms. The second kappa shape index (κ2) is 10.9. The normalized spacial score (nSPS) is 14.0. The average molecular weight is 604 g/mol. The van der Waals surface area contributed by atoms with Crippen LogP contribution < -0.4 is 11.1 Å². The second-order valence-electron chi connectivity index (χ2n) is 11.2. The Morgan fingerprint density at radius 1 is 0.932 bits per heavy atom. The van der Waals surface area contributed by atoms with Crippen molar-refractivity contribution in [3.63, 3.8) is 0 Å². The molecule has 2 amide bonds. The fourth-order valence-corrected chi connectivity index (χ4v) is 6.26. The SMILES string of the molecule is Cc1c(Nc2ncnc3ccc(Cl)cc23)cccc1-c1ccc(C(N)=O)c2[nH]c3cc(C(=O)N4CCN(C)CC4)ccc3c12. The van der Waals surface area contributed by atoms with Gasteiger partial charge in [-0.2, -0.15) is 0 Å². The molecule has 0 spiro atoms. The number of amides is 2. The molecule has 9 nitrogen and oxygen atoms in total. The highest BCUT2D eigenvalue weighted by atomic mass is 35.5. The number of carbonyl (C=O) groups excluding carboxylic acids is 2. The van der Waals surface area contributed by atoms with E-state index in [4.69, 9.17) is 17.3 Å². The van der Waals surface area contributed by atoms with Gasteiger partial charge in [0, 0.05) is 64.1 Å². The summed E-state index contributed by atoms with van der Waals surface area (Å²) in [5, 5.41) is 6.67. The van der Waals surface area contributed by atoms with Crippen LogP contribution in [-0.2, 0) is 0 Å². The van der Waals surface area contributed by atoms with Crippen molar-refractivity contribution in [1.82, 2.24) is 24.8 Å². The van der Waals surface area contributed by atoms with Crippen molar-refractivity contribution < 1.29 is 9.59 Å². The van der Waals surface area contributed by atoms with Gasteiger partial charge in [-0.3, -0.25) is 9.59 Å². The number of hydrogen-bond donors (Lipinski definition) is 3. The fraction of sp³-hybridized carbons (Fsp3) is 0.176. The molecule has 7 rings (SSSR count). The third kappa shape index (κ3) is 4.80. The topological polar surface area (TPSA) is 120 Å². The molecule has 0 unspecified atom stereocenters. The number of benzene rings is 4. The Morgan fingerprint density at radius 2 is 1.75 bits per heavy atom. The van der Waals surface area contributed by atoms with E-state index < -0.39 is 5.91 Å². The van der Waals surface area contributed by atoms with Crippen molar-refractivity contribution >= 4 is 67.6 Å². The van der Waals surface area contributed by atoms with Crippen molar-refractivity contribution in [2.24, 2.45) is 5.73 Å². The third-order valence-electron chi connectivity index (χ3n) is 8.53. The maximum atomic E-state index is 13.4. The van der Waals surface area contributed by atoms with Gasteiger partial charge < -0.3 is 25.8 Å². The van der Waals surface area contributed by atoms with E-state index in [0.717, 1.165) is 62.7 Å². The number of aromatic nitrogens is 3. The molecule has 1 aliphatic heterocycles. The van der Waals surface area contributed by atoms with Gasteiger partial charge in [-0.1, -0.05) is 35.9 Å². The molecule has 0 saturated carbocycles. The van der Waals surface area contributed by atoms with Crippen LogP contribution in [0, 0.1) is 6.92 Å². The first kappa shape index (κ1) is 27.8. The Hall–Kier alpha value is -4.99. The number of anilines is 2. The zero-order valence-corrected chi connectivity index (χ0v) is 25.1. The zero-order valence-electron chi connectivity index (χ0n) is 24.3. The molecule has 44 heavy (non-hydrogen) atoms. The smallest absolute Gasteiger partial charge is 0.254 e. The number of H-pyrrole nitrogens is 1. The van der Waals surface area contributed by atoms with Crippen LogP contribution in [0.3, 0.4) is 0 Å². The monoisotopic (exact) mass is 603 g/mol. The van der Waals surface area contributed by atoms with Gasteiger partial charge in [-0.25, -0.2) is 9.97 Å². The maximum Gasteiger partial charge on any atom is 0.254 e. The number of nitrogens with one attached hydrogen (secondary N) is 2. The lowest BCUT2D eigenvalue weighted by Crippen LogP contribution is -2.47. The lowest BCUT2D eigenvalue weighted by Gasteiger charge is -2.32. The van der Waals surface area contributed by atoms with E-state index in [1.54, 1.807) is 12.1 Å². The van der Waals surface area contributed by atoms with Crippen LogP contribution >= 0.6 is 11.6 Å². The highest BCUT2D eigenvalue weighted by Crippen LogP contribution is 2.40. The van der Waals surface area contributed by atoms with Crippen LogP contribution in [0.1, 0.15) is 26.3 Å². The number of rotatable bonds is 5. The van der Waals surface area contributed by atoms with Crippen molar-refractivity contribution in [1.29, 1.82) is 0 Å². The molecule has 4 N–H and O–H groups in total. The van der Waals surface area contributed by atoms with E-state index in [1.165, 1.54) is 6.33 Å². The summed E-state index contributed by atoms with van der Waals surface area (Å²) in [5.74, 6) is 0.127. The molecule has 1 saturated heterocycles. The maximum absolute atomic E-state index is 13.4. The predicted octanol–water partition coefficient (Wildman–Crippen LogP) is 6.12. The van der Waals surface area contributed by atoms with Crippen LogP contribution in [0.25, 0.3) is 43.8 Å². The first-order valence-corrected chi connectivity index (χ1v) is 14.8. The molecule has 220 valence electrons. The van der Waals surface area contributed by atoms with Gasteiger partial charge in [0.2, 0.25) is 0 Å². The Kier molecular flexibility index (Phi) is 6.91. The van der Waals surface area contributed by atoms with Crippen LogP contribution in [0.2, 0.25) is 5.02 Å². The second-order valence-corrected chi connectivity index (χ2v) is 11.7. The molecule has 3 heterocycles. The van der Waals surface area contributed by atoms with Gasteiger partial charge in [-0.15, -0.1) is 0 Å². The minimum atomic E-state index is -0.525. The number of piperazine rings is 1. The standard InChI is InChI=1S/C34H30ClN7O2/c1-19-22(4-3-5-27(19)40-33-26-17-21(35)7-11-28(26)37-18-38-33)23-9-10-25(32(36)43)31-30(23)24-8-6-20(16-29(24)39-31)34(44)42-14-12-41(2)13-15-42/h3-11,16-18,39H,12-15H2,1-2H3,(H2,36,43)(H,37,38,40). The Morgan fingerprint density at radius 3 is 2.55 bits per heavy atom. The Balaban J connectivity index is 1.34. The molecule has 2 aromatic heterocycles. The molecule has 6 aromatic rings. The molecule has 0 atom stereocenters. The molecular formula is C34H30ClN7O2. The molecule has 4 aromatic carbocycles. The van der Waals surface area contributed by atoms with Crippen LogP contribution in [-0.4, -0.2) is 69.8 Å². The number of nitrogens with two attached hydrogens (primary N) is 1. The van der Waals surface area contributed by atoms with E-state index in [2.05, 4.69) is 38.3 Å². The van der Waals surface area contributed by atoms with Crippen molar-refractivity contribution in [2.75, 3.05) is 38.5 Å². The van der Waals surface area contributed by atoms with E-state index in [0.29, 0.717) is 40.6 Å². The summed E-state index contributed by atoms with van der Waals surface area (Å²) in [7, 11) is 2.06. The summed E-state index contributed by atoms with van der Waals surface area (Å²) < 4.78 is 0. The number of carbonyl (C=O) groups is 2. The zero-order chi connectivity index (χ0) is 30.5. The minimum absolute atomic E-state index is 0.00200. The molecule has 1 fully saturated rings. The first-order chi connectivity index (χ1) is 21.3. The number of fused-ring (bicyclic) bond motifs is 4. The molecule has 0 bridgehead atoms. The number of hydrogen-bond acceptors (Lipinski definition) is 6. The number of halogens is 1. The summed E-state index contributed by atoms with van der Waals surface area (Å²) in [4.78, 5) is 42.2. The Labute approximate surface area is 258 Å². The quantitative estimate of drug-likeness (QED) is 0.218. The number of nitrogens with zero attached hydrogens (tertiary/aromatic N) is 4. The molecular weight excluding hydrogens is 574 g/mol. The van der Waals surface area contributed by atoms with Crippen molar-refractivity contribution in [3.05, 3.63) is 94.8 Å². The van der Waals surface area contributed by atoms with Crippen LogP contribution in [0.5, 0.6) is 0 Å². The summed E-state index contributed by atoms with van der Waals surface area (Å²) >= 11 is 6.29. The van der Waals surface area contributed by atoms with Gasteiger partial charge in [-0.05, 0) is 73.1 Å². The van der Waals surface area contributed by atoms with Gasteiger partial charge in [0.1, 0.15) is 12.1 Å². The summed E-state index contributed by atoms with van der Waals surface area (Å²) in [6, 6.07) is 20.9. The molecule has 1 aliphatic rings. The number of likely N-dealkylation sites (N-methyl/N-ethyl adjacent to an activating group) is 1. The largest absolute Gasteiger partial charge is 0.366 e. The molecule has 0 radical (unpaired) electrons. The number of aromatic amines is 1. The van der Waals surface area contributed by atoms with E-state index in [9.17, 15) is 9.59 Å². The fourth-order valence-electron chi connectivity index (χ4n) is 6.09. The highest BCUT2D eigenvalue weighted by molar-refractivity contribution is 6.31. The molecule has 0 aliphatic carbocycles. The van der Waals surface area contributed by atoms with E-state index in [1.807, 2.05) is 60.4 Å². The van der Waals surface area contributed by atoms with E-state index in [-0.39, 0.29) is 5.91 Å². The summed E-state index contributed by atoms with van der Waals surface area (Å²) in [6.07, 6.45) is 1.53. The summed E-state index contributed by atoms with van der Waals surface area (Å²) in [5.41, 5.74) is 12.8. The van der Waals surface area contributed by atoms with Crippen LogP contribution in [0.4, 0.5) is 11.5 Å². The third-order valence-corrected chi connectivity index (χ3v) is 8.77. The van der Waals surface area contributed by atoms with Crippen molar-refractivity contribution in [2.45, 2.75) is 6.92 Å². The van der Waals surface area contributed by atoms with Gasteiger partial charge in [0.25, 0.3) is 11.8 Å². The highest BCUT2D eigenvalue weighted by Gasteiger charge is 2.23. The Bertz CT molecular complexity index is 2110. The van der Waals surface area contributed by atoms with Gasteiger partial charge >= 0.3 is 0 Å². The number of primary amides is 1. The average Bonchev–Trinajstić information content (AvgIpc) is 3.41. The van der Waals surface area contributed by atoms with Crippen molar-refractivity contribution in [3.8, 4) is 11.1 Å². The van der Waals surface area contributed by atoms with Gasteiger partial charge in [0.15, 0.2) is 0 Å². The lowest BCUT2D eigenvalue weighted by molar-refractivity contribution is 0.0664. The predicted molar refractivity (Wildman–Crippen MR) is 176 cm³/mol. The van der Waals surface area contributed by atoms with Crippen LogP contribution in [0.15, 0.2) is 73.1 Å². The lowest BCUT2D eigenvalue weighted by atomic mass is 9.93.